The molecule has 2 amide bonds. The van der Waals surface area contributed by atoms with E-state index in [1.54, 1.807) is 0 Å². The minimum Gasteiger partial charge on any atom is -0.393 e. The van der Waals surface area contributed by atoms with E-state index in [4.69, 9.17) is 10.5 Å². The average Bonchev–Trinajstić information content (AvgIpc) is 2.47. The van der Waals surface area contributed by atoms with Gasteiger partial charge in [0.05, 0.1) is 11.9 Å². The number of ether oxygens (including phenoxy) is 1. The Morgan fingerprint density at radius 3 is 2.80 bits per heavy atom. The summed E-state index contributed by atoms with van der Waals surface area (Å²) >= 11 is 0. The molecule has 8 nitrogen and oxygen atoms in total. The number of amides is 2. The quantitative estimate of drug-likeness (QED) is 0.256. The first-order valence-corrected chi connectivity index (χ1v) is 6.39. The van der Waals surface area contributed by atoms with E-state index < -0.39 is 5.91 Å². The summed E-state index contributed by atoms with van der Waals surface area (Å²) in [5, 5.41) is 8.40. The highest BCUT2D eigenvalue weighted by atomic mass is 16.5. The first-order chi connectivity index (χ1) is 9.69. The van der Waals surface area contributed by atoms with Gasteiger partial charge in [-0.05, 0) is 25.9 Å². The summed E-state index contributed by atoms with van der Waals surface area (Å²) in [5.74, 6) is -0.412. The molecule has 1 heterocycles. The van der Waals surface area contributed by atoms with Crippen molar-refractivity contribution in [3.05, 3.63) is 11.4 Å². The Balaban J connectivity index is 2.67. The van der Waals surface area contributed by atoms with Crippen molar-refractivity contribution >= 4 is 18.5 Å². The summed E-state index contributed by atoms with van der Waals surface area (Å²) in [7, 11) is 1.49. The largest absolute Gasteiger partial charge is 0.393 e. The van der Waals surface area contributed by atoms with Crippen molar-refractivity contribution in [2.45, 2.75) is 18.9 Å². The van der Waals surface area contributed by atoms with Gasteiger partial charge in [-0.25, -0.2) is 0 Å². The van der Waals surface area contributed by atoms with Crippen LogP contribution in [0.5, 0.6) is 0 Å². The predicted molar refractivity (Wildman–Crippen MR) is 74.8 cm³/mol. The Hall–Kier alpha value is -1.93. The smallest absolute Gasteiger partial charge is 0.269 e. The maximum Gasteiger partial charge on any atom is 0.269 e. The van der Waals surface area contributed by atoms with Gasteiger partial charge in [0, 0.05) is 13.2 Å². The van der Waals surface area contributed by atoms with Gasteiger partial charge in [0.15, 0.2) is 0 Å². The maximum absolute atomic E-state index is 12.0. The molecule has 0 aromatic rings. The van der Waals surface area contributed by atoms with Crippen LogP contribution in [0.1, 0.15) is 12.8 Å². The second-order valence-corrected chi connectivity index (χ2v) is 4.32. The number of methoxy groups -OCH3 is 1. The Bertz CT molecular complexity index is 389. The first-order valence-electron chi connectivity index (χ1n) is 6.39. The highest BCUT2D eigenvalue weighted by molar-refractivity contribution is 5.99. The fraction of sp³-hybridized carbons (Fsp3) is 0.583. The van der Waals surface area contributed by atoms with Gasteiger partial charge in [-0.1, -0.05) is 0 Å². The van der Waals surface area contributed by atoms with Crippen LogP contribution < -0.4 is 21.7 Å². The van der Waals surface area contributed by atoms with Gasteiger partial charge in [0.1, 0.15) is 12.4 Å². The summed E-state index contributed by atoms with van der Waals surface area (Å²) in [6.45, 7) is 1.85. The Kier molecular flexibility index (Phi) is 7.30. The molecule has 0 bridgehead atoms. The highest BCUT2D eigenvalue weighted by Gasteiger charge is 2.18. The van der Waals surface area contributed by atoms with E-state index in [2.05, 4.69) is 20.9 Å². The van der Waals surface area contributed by atoms with E-state index in [1.165, 1.54) is 13.3 Å². The SMILES string of the molecule is COC/N=C/C(NC=O)=C(\N)C(=O)NC1CCNCC1. The molecule has 0 aromatic heterocycles. The minimum absolute atomic E-state index is 0.0736. The molecule has 0 atom stereocenters. The molecule has 0 aliphatic carbocycles. The highest BCUT2D eigenvalue weighted by Crippen LogP contribution is 2.03. The second kappa shape index (κ2) is 9.05. The lowest BCUT2D eigenvalue weighted by atomic mass is 10.1. The van der Waals surface area contributed by atoms with Crippen LogP contribution in [0.15, 0.2) is 16.4 Å². The van der Waals surface area contributed by atoms with E-state index in [-0.39, 0.29) is 24.2 Å². The summed E-state index contributed by atoms with van der Waals surface area (Å²) in [6, 6.07) is 0.0932. The van der Waals surface area contributed by atoms with Crippen molar-refractivity contribution in [2.24, 2.45) is 10.7 Å². The monoisotopic (exact) mass is 283 g/mol. The number of allylic oxidation sites excluding steroid dienone is 1. The van der Waals surface area contributed by atoms with Crippen LogP contribution in [-0.4, -0.2) is 51.5 Å². The van der Waals surface area contributed by atoms with E-state index >= 15 is 0 Å². The Morgan fingerprint density at radius 2 is 2.20 bits per heavy atom. The molecule has 1 fully saturated rings. The summed E-state index contributed by atoms with van der Waals surface area (Å²) in [4.78, 5) is 26.4. The summed E-state index contributed by atoms with van der Waals surface area (Å²) in [5.41, 5.74) is 5.83. The zero-order chi connectivity index (χ0) is 14.8. The molecule has 1 saturated heterocycles. The van der Waals surface area contributed by atoms with Crippen LogP contribution >= 0.6 is 0 Å². The lowest BCUT2D eigenvalue weighted by molar-refractivity contribution is -0.118. The van der Waals surface area contributed by atoms with Gasteiger partial charge >= 0.3 is 0 Å². The van der Waals surface area contributed by atoms with E-state index in [0.29, 0.717) is 6.41 Å². The average molecular weight is 283 g/mol. The van der Waals surface area contributed by atoms with Gasteiger partial charge in [-0.15, -0.1) is 0 Å². The number of carbonyl (C=O) groups excluding carboxylic acids is 2. The van der Waals surface area contributed by atoms with Crippen molar-refractivity contribution in [1.29, 1.82) is 0 Å². The normalized spacial score (nSPS) is 17.6. The molecule has 1 aliphatic rings. The molecule has 5 N–H and O–H groups in total. The minimum atomic E-state index is -0.412. The molecule has 0 spiro atoms. The van der Waals surface area contributed by atoms with Crippen molar-refractivity contribution in [2.75, 3.05) is 26.9 Å². The van der Waals surface area contributed by atoms with Crippen molar-refractivity contribution in [1.82, 2.24) is 16.0 Å². The standard InChI is InChI=1S/C12H21N5O3/c1-20-8-15-6-10(16-7-18)11(13)12(19)17-9-2-4-14-5-3-9/h6-7,9,14H,2-5,8,13H2,1H3,(H,16,18)(H,17,19)/b11-10+,15-6+. The fourth-order valence-electron chi connectivity index (χ4n) is 1.80. The summed E-state index contributed by atoms with van der Waals surface area (Å²) < 4.78 is 4.75. The maximum atomic E-state index is 12.0. The number of nitrogens with zero attached hydrogens (tertiary/aromatic N) is 1. The topological polar surface area (TPSA) is 118 Å². The van der Waals surface area contributed by atoms with Gasteiger partial charge in [-0.2, -0.15) is 0 Å². The third-order valence-corrected chi connectivity index (χ3v) is 2.85. The molecule has 0 unspecified atom stereocenters. The number of rotatable bonds is 7. The predicted octanol–water partition coefficient (Wildman–Crippen LogP) is -1.55. The first kappa shape index (κ1) is 16.1. The lowest BCUT2D eigenvalue weighted by Crippen LogP contribution is -2.44. The third kappa shape index (κ3) is 5.37. The van der Waals surface area contributed by atoms with Gasteiger partial charge in [0.25, 0.3) is 5.91 Å². The number of nitrogens with two attached hydrogens (primary N) is 1. The molecule has 112 valence electrons. The number of aliphatic imine (C=N–C) groups is 1. The molecule has 1 rings (SSSR count). The number of carbonyl (C=O) groups is 2. The van der Waals surface area contributed by atoms with Crippen molar-refractivity contribution < 1.29 is 14.3 Å². The zero-order valence-corrected chi connectivity index (χ0v) is 11.5. The molecular formula is C12H21N5O3. The van der Waals surface area contributed by atoms with E-state index in [0.717, 1.165) is 25.9 Å². The van der Waals surface area contributed by atoms with Crippen molar-refractivity contribution in [3.63, 3.8) is 0 Å². The molecule has 20 heavy (non-hydrogen) atoms. The number of nitrogens with one attached hydrogen (secondary N) is 3. The second-order valence-electron chi connectivity index (χ2n) is 4.32. The molecule has 0 aromatic carbocycles. The van der Waals surface area contributed by atoms with Crippen LogP contribution in [0.4, 0.5) is 0 Å². The van der Waals surface area contributed by atoms with Gasteiger partial charge in [-0.3, -0.25) is 14.6 Å². The lowest BCUT2D eigenvalue weighted by Gasteiger charge is -2.23. The Morgan fingerprint density at radius 1 is 1.50 bits per heavy atom. The van der Waals surface area contributed by atoms with Gasteiger partial charge < -0.3 is 26.4 Å². The van der Waals surface area contributed by atoms with Crippen LogP contribution in [0.25, 0.3) is 0 Å². The Labute approximate surface area is 117 Å². The third-order valence-electron chi connectivity index (χ3n) is 2.85. The number of hydrogen-bond donors (Lipinski definition) is 4. The molecule has 0 radical (unpaired) electrons. The zero-order valence-electron chi connectivity index (χ0n) is 11.5. The molecular weight excluding hydrogens is 262 g/mol. The summed E-state index contributed by atoms with van der Waals surface area (Å²) in [6.07, 6.45) is 3.45. The van der Waals surface area contributed by atoms with E-state index in [9.17, 15) is 9.59 Å². The van der Waals surface area contributed by atoms with Crippen LogP contribution in [0.3, 0.4) is 0 Å². The molecule has 8 heteroatoms. The van der Waals surface area contributed by atoms with Crippen LogP contribution in [-0.2, 0) is 14.3 Å². The van der Waals surface area contributed by atoms with Crippen molar-refractivity contribution in [3.8, 4) is 0 Å². The number of piperidine rings is 1. The van der Waals surface area contributed by atoms with Gasteiger partial charge in [0.2, 0.25) is 6.41 Å². The number of hydrogen-bond acceptors (Lipinski definition) is 6. The fourth-order valence-corrected chi connectivity index (χ4v) is 1.80. The van der Waals surface area contributed by atoms with E-state index in [1.807, 2.05) is 0 Å². The van der Waals surface area contributed by atoms with Crippen LogP contribution in [0, 0.1) is 0 Å². The molecule has 1 aliphatic heterocycles. The molecule has 0 saturated carbocycles. The van der Waals surface area contributed by atoms with Crippen LogP contribution in [0.2, 0.25) is 0 Å².